The maximum Gasteiger partial charge on any atom is 0.256 e. The molecule has 0 bridgehead atoms. The summed E-state index contributed by atoms with van der Waals surface area (Å²) in [5.74, 6) is -0.0149. The van der Waals surface area contributed by atoms with Gasteiger partial charge in [-0.15, -0.1) is 11.8 Å². The number of thioether (sulfide) groups is 2. The average molecular weight is 480 g/mol. The highest BCUT2D eigenvalue weighted by atomic mass is 32.2. The lowest BCUT2D eigenvalue weighted by atomic mass is 9.99. The lowest BCUT2D eigenvalue weighted by Gasteiger charge is -2.31. The lowest BCUT2D eigenvalue weighted by Crippen LogP contribution is -2.58. The predicted molar refractivity (Wildman–Crippen MR) is 130 cm³/mol. The summed E-state index contributed by atoms with van der Waals surface area (Å²) in [6, 6.07) is 5.67. The standard InChI is InChI=1S/C23H33N3O4S2/c1-13(2)17(12-27)25-19(28)16(10-11-31-5)24-20(29)18-23(3,4)32-22-15-9-7-6-8-14(15)21(30)26(18)22/h6-9,13,16-18,22,27H,10-12H2,1-5H3,(H,24,29)(H,25,28)/t16-,17+,18+,22+/m0/s1. The average Bonchev–Trinajstić information content (AvgIpc) is 3.18. The van der Waals surface area contributed by atoms with Crippen molar-refractivity contribution < 1.29 is 19.5 Å². The van der Waals surface area contributed by atoms with Gasteiger partial charge in [-0.3, -0.25) is 14.4 Å². The number of amides is 3. The van der Waals surface area contributed by atoms with Crippen LogP contribution in [0, 0.1) is 5.92 Å². The van der Waals surface area contributed by atoms with Crippen LogP contribution in [0.5, 0.6) is 0 Å². The van der Waals surface area contributed by atoms with Crippen molar-refractivity contribution in [3.8, 4) is 0 Å². The Morgan fingerprint density at radius 1 is 1.25 bits per heavy atom. The van der Waals surface area contributed by atoms with Gasteiger partial charge >= 0.3 is 0 Å². The second-order valence-electron chi connectivity index (χ2n) is 9.16. The van der Waals surface area contributed by atoms with Gasteiger partial charge in [0.05, 0.1) is 12.6 Å². The Balaban J connectivity index is 1.81. The molecule has 0 radical (unpaired) electrons. The Morgan fingerprint density at radius 2 is 1.94 bits per heavy atom. The molecule has 1 aromatic carbocycles. The molecule has 32 heavy (non-hydrogen) atoms. The van der Waals surface area contributed by atoms with Crippen LogP contribution in [-0.4, -0.2) is 69.2 Å². The van der Waals surface area contributed by atoms with Crippen molar-refractivity contribution in [2.45, 2.75) is 62.4 Å². The summed E-state index contributed by atoms with van der Waals surface area (Å²) in [7, 11) is 0. The molecule has 2 heterocycles. The van der Waals surface area contributed by atoms with Crippen molar-refractivity contribution in [3.63, 3.8) is 0 Å². The second kappa shape index (κ2) is 10.1. The number of rotatable bonds is 9. The van der Waals surface area contributed by atoms with Crippen LogP contribution in [-0.2, 0) is 9.59 Å². The molecular weight excluding hydrogens is 446 g/mol. The van der Waals surface area contributed by atoms with Gasteiger partial charge in [0.1, 0.15) is 17.5 Å². The van der Waals surface area contributed by atoms with Crippen molar-refractivity contribution in [2.24, 2.45) is 5.92 Å². The van der Waals surface area contributed by atoms with Crippen LogP contribution >= 0.6 is 23.5 Å². The van der Waals surface area contributed by atoms with Crippen molar-refractivity contribution >= 4 is 41.2 Å². The first-order chi connectivity index (χ1) is 15.1. The molecule has 2 aliphatic rings. The fourth-order valence-corrected chi connectivity index (χ4v) is 6.33. The lowest BCUT2D eigenvalue weighted by molar-refractivity contribution is -0.132. The molecule has 4 atom stereocenters. The number of carbonyl (C=O) groups is 3. The smallest absolute Gasteiger partial charge is 0.256 e. The summed E-state index contributed by atoms with van der Waals surface area (Å²) < 4.78 is -0.510. The molecule has 2 aliphatic heterocycles. The number of hydrogen-bond acceptors (Lipinski definition) is 6. The molecule has 0 aliphatic carbocycles. The molecule has 176 valence electrons. The number of aliphatic hydroxyl groups excluding tert-OH is 1. The van der Waals surface area contributed by atoms with Gasteiger partial charge in [-0.1, -0.05) is 32.0 Å². The third kappa shape index (κ3) is 4.79. The second-order valence-corrected chi connectivity index (χ2v) is 11.9. The highest BCUT2D eigenvalue weighted by Gasteiger charge is 2.57. The van der Waals surface area contributed by atoms with Crippen LogP contribution in [0.2, 0.25) is 0 Å². The Kier molecular flexibility index (Phi) is 7.83. The van der Waals surface area contributed by atoms with Gasteiger partial charge < -0.3 is 20.6 Å². The Bertz CT molecular complexity index is 877. The number of nitrogens with one attached hydrogen (secondary N) is 2. The first kappa shape index (κ1) is 24.9. The molecule has 9 heteroatoms. The number of aliphatic hydroxyl groups is 1. The van der Waals surface area contributed by atoms with E-state index < -0.39 is 16.8 Å². The minimum absolute atomic E-state index is 0.0625. The zero-order chi connectivity index (χ0) is 23.6. The third-order valence-electron chi connectivity index (χ3n) is 6.12. The molecule has 1 saturated heterocycles. The maximum atomic E-state index is 13.5. The molecule has 0 saturated carbocycles. The van der Waals surface area contributed by atoms with Gasteiger partial charge in [-0.05, 0) is 49.8 Å². The predicted octanol–water partition coefficient (Wildman–Crippen LogP) is 2.41. The minimum atomic E-state index is -0.734. The van der Waals surface area contributed by atoms with E-state index in [1.807, 2.05) is 52.1 Å². The van der Waals surface area contributed by atoms with Crippen LogP contribution in [0.25, 0.3) is 0 Å². The van der Waals surface area contributed by atoms with Gasteiger partial charge in [-0.2, -0.15) is 11.8 Å². The zero-order valence-electron chi connectivity index (χ0n) is 19.3. The van der Waals surface area contributed by atoms with E-state index in [0.29, 0.717) is 17.7 Å². The third-order valence-corrected chi connectivity index (χ3v) is 8.30. The molecule has 1 fully saturated rings. The number of hydrogen-bond donors (Lipinski definition) is 3. The molecule has 1 aromatic rings. The number of nitrogens with zero attached hydrogens (tertiary/aromatic N) is 1. The van der Waals surface area contributed by atoms with E-state index in [2.05, 4.69) is 10.6 Å². The van der Waals surface area contributed by atoms with Crippen LogP contribution in [0.1, 0.15) is 55.4 Å². The monoisotopic (exact) mass is 479 g/mol. The first-order valence-electron chi connectivity index (χ1n) is 10.9. The van der Waals surface area contributed by atoms with Crippen LogP contribution < -0.4 is 10.6 Å². The summed E-state index contributed by atoms with van der Waals surface area (Å²) in [6.45, 7) is 7.61. The van der Waals surface area contributed by atoms with Gasteiger partial charge in [0.25, 0.3) is 5.91 Å². The largest absolute Gasteiger partial charge is 0.394 e. The number of fused-ring (bicyclic) bond motifs is 3. The maximum absolute atomic E-state index is 13.5. The van der Waals surface area contributed by atoms with E-state index in [1.165, 1.54) is 0 Å². The van der Waals surface area contributed by atoms with Crippen molar-refractivity contribution in [3.05, 3.63) is 35.4 Å². The Labute approximate surface area is 198 Å². The molecule has 0 unspecified atom stereocenters. The topological polar surface area (TPSA) is 98.7 Å². The molecule has 3 amide bonds. The van der Waals surface area contributed by atoms with Crippen molar-refractivity contribution in [2.75, 3.05) is 18.6 Å². The van der Waals surface area contributed by atoms with Crippen LogP contribution in [0.4, 0.5) is 0 Å². The molecule has 3 N–H and O–H groups in total. The molecule has 7 nitrogen and oxygen atoms in total. The SMILES string of the molecule is CSCC[C@H](NC(=O)[C@H]1N2C(=O)c3ccccc3[C@H]2SC1(C)C)C(=O)N[C@H](CO)C(C)C. The fourth-order valence-electron chi connectivity index (χ4n) is 4.27. The first-order valence-corrected chi connectivity index (χ1v) is 13.2. The van der Waals surface area contributed by atoms with E-state index >= 15 is 0 Å². The summed E-state index contributed by atoms with van der Waals surface area (Å²) in [6.07, 6.45) is 2.41. The van der Waals surface area contributed by atoms with Gasteiger partial charge in [0.2, 0.25) is 11.8 Å². The highest BCUT2D eigenvalue weighted by Crippen LogP contribution is 2.56. The molecule has 3 rings (SSSR count). The number of benzene rings is 1. The fraction of sp³-hybridized carbons (Fsp3) is 0.609. The van der Waals surface area contributed by atoms with E-state index in [4.69, 9.17) is 0 Å². The molecular formula is C23H33N3O4S2. The quantitative estimate of drug-likeness (QED) is 0.503. The summed E-state index contributed by atoms with van der Waals surface area (Å²) in [5, 5.41) is 15.2. The van der Waals surface area contributed by atoms with E-state index in [1.54, 1.807) is 34.5 Å². The minimum Gasteiger partial charge on any atom is -0.394 e. The Morgan fingerprint density at radius 3 is 2.56 bits per heavy atom. The molecule has 0 aromatic heterocycles. The normalized spacial score (nSPS) is 23.0. The highest BCUT2D eigenvalue weighted by molar-refractivity contribution is 8.01. The van der Waals surface area contributed by atoms with Crippen molar-refractivity contribution in [1.82, 2.24) is 15.5 Å². The van der Waals surface area contributed by atoms with Gasteiger partial charge in [0.15, 0.2) is 0 Å². The van der Waals surface area contributed by atoms with E-state index in [-0.39, 0.29) is 41.7 Å². The summed E-state index contributed by atoms with van der Waals surface area (Å²) in [5.41, 5.74) is 1.57. The van der Waals surface area contributed by atoms with Gasteiger partial charge in [0, 0.05) is 10.3 Å². The van der Waals surface area contributed by atoms with E-state index in [9.17, 15) is 19.5 Å². The van der Waals surface area contributed by atoms with Crippen molar-refractivity contribution in [1.29, 1.82) is 0 Å². The molecule has 0 spiro atoms. The van der Waals surface area contributed by atoms with Crippen LogP contribution in [0.3, 0.4) is 0 Å². The zero-order valence-corrected chi connectivity index (χ0v) is 20.9. The Hall–Kier alpha value is -1.71. The number of carbonyl (C=O) groups excluding carboxylic acids is 3. The summed E-state index contributed by atoms with van der Waals surface area (Å²) in [4.78, 5) is 41.3. The van der Waals surface area contributed by atoms with Gasteiger partial charge in [-0.25, -0.2) is 0 Å². The van der Waals surface area contributed by atoms with Crippen LogP contribution in [0.15, 0.2) is 24.3 Å². The summed E-state index contributed by atoms with van der Waals surface area (Å²) >= 11 is 3.19. The van der Waals surface area contributed by atoms with E-state index in [0.717, 1.165) is 5.56 Å².